The summed E-state index contributed by atoms with van der Waals surface area (Å²) in [5.41, 5.74) is 1.00. The normalized spacial score (nSPS) is 22.9. The van der Waals surface area contributed by atoms with Crippen molar-refractivity contribution in [1.82, 2.24) is 10.2 Å². The number of hydrogen-bond acceptors (Lipinski definition) is 3. The van der Waals surface area contributed by atoms with Crippen molar-refractivity contribution in [1.29, 1.82) is 0 Å². The molecule has 1 fully saturated rings. The van der Waals surface area contributed by atoms with Gasteiger partial charge in [-0.2, -0.15) is 5.10 Å². The predicted molar refractivity (Wildman–Crippen MR) is 83.9 cm³/mol. The molecule has 0 atom stereocenters. The first-order chi connectivity index (χ1) is 9.78. The summed E-state index contributed by atoms with van der Waals surface area (Å²) >= 11 is 0. The van der Waals surface area contributed by atoms with Crippen molar-refractivity contribution in [2.24, 2.45) is 5.92 Å². The van der Waals surface area contributed by atoms with Gasteiger partial charge in [-0.05, 0) is 38.5 Å². The first-order valence-corrected chi connectivity index (χ1v) is 7.76. The Balaban J connectivity index is 1.80. The molecule has 1 heterocycles. The monoisotopic (exact) mass is 269 g/mol. The molecule has 3 rings (SSSR count). The molecule has 1 aromatic heterocycles. The van der Waals surface area contributed by atoms with Gasteiger partial charge in [0.2, 0.25) is 0 Å². The van der Waals surface area contributed by atoms with E-state index in [1.807, 2.05) is 6.92 Å². The molecule has 1 aromatic carbocycles. The molecule has 0 bridgehead atoms. The van der Waals surface area contributed by atoms with Gasteiger partial charge in [0.15, 0.2) is 5.82 Å². The third-order valence-corrected chi connectivity index (χ3v) is 4.64. The van der Waals surface area contributed by atoms with Crippen LogP contribution >= 0.6 is 0 Å². The van der Waals surface area contributed by atoms with Crippen LogP contribution in [0, 0.1) is 12.8 Å². The van der Waals surface area contributed by atoms with Crippen molar-refractivity contribution in [3.63, 3.8) is 0 Å². The first kappa shape index (κ1) is 13.3. The minimum Gasteiger partial charge on any atom is -0.365 e. The average molecular weight is 269 g/mol. The molecule has 1 saturated carbocycles. The topological polar surface area (TPSA) is 37.8 Å². The quantitative estimate of drug-likeness (QED) is 0.901. The van der Waals surface area contributed by atoms with Gasteiger partial charge in [-0.15, -0.1) is 5.10 Å². The lowest BCUT2D eigenvalue weighted by atomic mass is 9.84. The molecule has 1 aliphatic rings. The Morgan fingerprint density at radius 3 is 2.45 bits per heavy atom. The zero-order valence-corrected chi connectivity index (χ0v) is 12.4. The number of benzene rings is 1. The summed E-state index contributed by atoms with van der Waals surface area (Å²) in [5, 5.41) is 14.7. The minimum absolute atomic E-state index is 0.554. The van der Waals surface area contributed by atoms with E-state index in [4.69, 9.17) is 0 Å². The highest BCUT2D eigenvalue weighted by atomic mass is 15.2. The fourth-order valence-corrected chi connectivity index (χ4v) is 3.25. The maximum Gasteiger partial charge on any atom is 0.156 e. The van der Waals surface area contributed by atoms with Gasteiger partial charge in [-0.1, -0.05) is 37.6 Å². The van der Waals surface area contributed by atoms with Crippen LogP contribution in [0.4, 0.5) is 5.82 Å². The third kappa shape index (κ3) is 2.62. The fourth-order valence-electron chi connectivity index (χ4n) is 3.25. The van der Waals surface area contributed by atoms with Crippen molar-refractivity contribution in [2.75, 3.05) is 5.32 Å². The summed E-state index contributed by atoms with van der Waals surface area (Å²) in [6.07, 6.45) is 6.50. The lowest BCUT2D eigenvalue weighted by molar-refractivity contribution is 0.330. The van der Waals surface area contributed by atoms with E-state index in [9.17, 15) is 0 Å². The second-order valence-corrected chi connectivity index (χ2v) is 5.95. The van der Waals surface area contributed by atoms with Gasteiger partial charge >= 0.3 is 0 Å². The number of hydrogen-bond donors (Lipinski definition) is 1. The number of aryl methyl sites for hydroxylation is 1. The van der Waals surface area contributed by atoms with Crippen molar-refractivity contribution in [3.05, 3.63) is 30.0 Å². The highest BCUT2D eigenvalue weighted by molar-refractivity contribution is 5.92. The van der Waals surface area contributed by atoms with Crippen LogP contribution in [0.3, 0.4) is 0 Å². The van der Waals surface area contributed by atoms with Gasteiger partial charge in [0.25, 0.3) is 0 Å². The Hall–Kier alpha value is -1.64. The van der Waals surface area contributed by atoms with E-state index in [1.165, 1.54) is 42.9 Å². The zero-order valence-electron chi connectivity index (χ0n) is 12.4. The number of rotatable bonds is 3. The van der Waals surface area contributed by atoms with Crippen LogP contribution in [-0.2, 0) is 0 Å². The molecule has 3 heteroatoms. The minimum atomic E-state index is 0.554. The molecular weight excluding hydrogens is 246 g/mol. The van der Waals surface area contributed by atoms with E-state index in [-0.39, 0.29) is 0 Å². The molecule has 20 heavy (non-hydrogen) atoms. The molecule has 0 amide bonds. The second kappa shape index (κ2) is 5.78. The van der Waals surface area contributed by atoms with E-state index in [2.05, 4.69) is 46.7 Å². The molecule has 0 unspecified atom stereocenters. The number of anilines is 1. The second-order valence-electron chi connectivity index (χ2n) is 5.95. The Kier molecular flexibility index (Phi) is 3.86. The predicted octanol–water partition coefficient (Wildman–Crippen LogP) is 4.32. The molecule has 1 aliphatic carbocycles. The van der Waals surface area contributed by atoms with E-state index < -0.39 is 0 Å². The van der Waals surface area contributed by atoms with Gasteiger partial charge in [0, 0.05) is 16.8 Å². The molecule has 0 saturated heterocycles. The average Bonchev–Trinajstić information content (AvgIpc) is 2.51. The van der Waals surface area contributed by atoms with Crippen LogP contribution in [0.1, 0.15) is 44.7 Å². The van der Waals surface area contributed by atoms with E-state index in [1.54, 1.807) is 0 Å². The Labute approximate surface area is 120 Å². The summed E-state index contributed by atoms with van der Waals surface area (Å²) in [5.74, 6) is 1.88. The maximum absolute atomic E-state index is 4.38. The van der Waals surface area contributed by atoms with Crippen molar-refractivity contribution in [3.8, 4) is 0 Å². The van der Waals surface area contributed by atoms with Gasteiger partial charge in [0.05, 0.1) is 5.69 Å². The SMILES string of the molecule is CCC1CCC(Nc2nnc(C)c3ccccc23)CC1. The van der Waals surface area contributed by atoms with Gasteiger partial charge < -0.3 is 5.32 Å². The van der Waals surface area contributed by atoms with Crippen molar-refractivity contribution < 1.29 is 0 Å². The Morgan fingerprint density at radius 1 is 1.05 bits per heavy atom. The number of fused-ring (bicyclic) bond motifs is 1. The molecule has 2 aromatic rings. The molecule has 3 nitrogen and oxygen atoms in total. The molecule has 1 N–H and O–H groups in total. The van der Waals surface area contributed by atoms with E-state index in [0.29, 0.717) is 6.04 Å². The van der Waals surface area contributed by atoms with Crippen LogP contribution in [-0.4, -0.2) is 16.2 Å². The first-order valence-electron chi connectivity index (χ1n) is 7.76. The van der Waals surface area contributed by atoms with Crippen LogP contribution in [0.25, 0.3) is 10.8 Å². The third-order valence-electron chi connectivity index (χ3n) is 4.64. The number of nitrogens with zero attached hydrogens (tertiary/aromatic N) is 2. The molecule has 0 radical (unpaired) electrons. The van der Waals surface area contributed by atoms with E-state index in [0.717, 1.165) is 17.4 Å². The fraction of sp³-hybridized carbons (Fsp3) is 0.529. The van der Waals surface area contributed by atoms with Gasteiger partial charge in [-0.3, -0.25) is 0 Å². The maximum atomic E-state index is 4.38. The smallest absolute Gasteiger partial charge is 0.156 e. The number of nitrogens with one attached hydrogen (secondary N) is 1. The Bertz CT molecular complexity index is 586. The van der Waals surface area contributed by atoms with Crippen LogP contribution in [0.2, 0.25) is 0 Å². The largest absolute Gasteiger partial charge is 0.365 e. The lowest BCUT2D eigenvalue weighted by Gasteiger charge is -2.29. The highest BCUT2D eigenvalue weighted by Crippen LogP contribution is 2.30. The summed E-state index contributed by atoms with van der Waals surface area (Å²) in [7, 11) is 0. The molecule has 106 valence electrons. The molecule has 0 aliphatic heterocycles. The van der Waals surface area contributed by atoms with Gasteiger partial charge in [-0.25, -0.2) is 0 Å². The van der Waals surface area contributed by atoms with Crippen molar-refractivity contribution in [2.45, 2.75) is 52.0 Å². The Morgan fingerprint density at radius 2 is 1.75 bits per heavy atom. The zero-order chi connectivity index (χ0) is 13.9. The van der Waals surface area contributed by atoms with Crippen LogP contribution in [0.15, 0.2) is 24.3 Å². The standard InChI is InChI=1S/C17H23N3/c1-3-13-8-10-14(11-9-13)18-17-16-7-5-4-6-15(16)12(2)19-20-17/h4-7,13-14H,3,8-11H2,1-2H3,(H,18,20). The summed E-state index contributed by atoms with van der Waals surface area (Å²) in [6, 6.07) is 8.95. The molecular formula is C17H23N3. The summed E-state index contributed by atoms with van der Waals surface area (Å²) < 4.78 is 0. The van der Waals surface area contributed by atoms with E-state index >= 15 is 0 Å². The summed E-state index contributed by atoms with van der Waals surface area (Å²) in [4.78, 5) is 0. The summed E-state index contributed by atoms with van der Waals surface area (Å²) in [6.45, 7) is 4.32. The van der Waals surface area contributed by atoms with Crippen LogP contribution in [0.5, 0.6) is 0 Å². The van der Waals surface area contributed by atoms with Crippen LogP contribution < -0.4 is 5.32 Å². The lowest BCUT2D eigenvalue weighted by Crippen LogP contribution is -2.26. The highest BCUT2D eigenvalue weighted by Gasteiger charge is 2.20. The molecule has 0 spiro atoms. The number of aromatic nitrogens is 2. The van der Waals surface area contributed by atoms with Gasteiger partial charge in [0.1, 0.15) is 0 Å². The van der Waals surface area contributed by atoms with Crippen molar-refractivity contribution >= 4 is 16.6 Å².